The predicted molar refractivity (Wildman–Crippen MR) is 139 cm³/mol. The minimum Gasteiger partial charge on any atom is -0.508 e. The Hall–Kier alpha value is -2.12. The van der Waals surface area contributed by atoms with Gasteiger partial charge in [0.25, 0.3) is 0 Å². The topological polar surface area (TPSA) is 40.5 Å². The number of para-hydroxylation sites is 2. The molecule has 0 spiro atoms. The quantitative estimate of drug-likeness (QED) is 0.362. The first-order chi connectivity index (χ1) is 15.0. The zero-order valence-electron chi connectivity index (χ0n) is 21.6. The predicted octanol–water partition coefficient (Wildman–Crippen LogP) is 8.74. The number of rotatable bonds is 0. The molecule has 0 saturated heterocycles. The molecule has 2 aliphatic rings. The monoisotopic (exact) mass is 522 g/mol. The Bertz CT molecular complexity index is 898. The molecule has 0 saturated carbocycles. The number of hydrogen-bond donors (Lipinski definition) is 2. The second-order valence-corrected chi connectivity index (χ2v) is 8.83. The summed E-state index contributed by atoms with van der Waals surface area (Å²) in [5.74, 6) is 0.736. The average molecular weight is 524 g/mol. The first-order valence-corrected chi connectivity index (χ1v) is 11.2. The Kier molecular flexibility index (Phi) is 14.7. The van der Waals surface area contributed by atoms with Gasteiger partial charge in [0, 0.05) is 26.2 Å². The molecule has 0 fully saturated rings. The number of hydrogen-bond acceptors (Lipinski definition) is 2. The van der Waals surface area contributed by atoms with Crippen LogP contribution in [0.2, 0.25) is 0 Å². The zero-order valence-corrected chi connectivity index (χ0v) is 24.0. The van der Waals surface area contributed by atoms with Crippen LogP contribution in [0.4, 0.5) is 0 Å². The van der Waals surface area contributed by atoms with E-state index in [4.69, 9.17) is 10.2 Å². The van der Waals surface area contributed by atoms with Crippen molar-refractivity contribution in [3.05, 3.63) is 105 Å². The van der Waals surface area contributed by atoms with Gasteiger partial charge in [-0.3, -0.25) is 0 Å². The third-order valence-corrected chi connectivity index (χ3v) is 5.59. The van der Waals surface area contributed by atoms with Crippen molar-refractivity contribution < 1.29 is 36.4 Å². The molecule has 2 aromatic rings. The maximum absolute atomic E-state index is 8.92. The van der Waals surface area contributed by atoms with Crippen molar-refractivity contribution in [1.29, 1.82) is 0 Å². The third-order valence-electron chi connectivity index (χ3n) is 5.59. The van der Waals surface area contributed by atoms with Crippen molar-refractivity contribution in [3.63, 3.8) is 0 Å². The Morgan fingerprint density at radius 2 is 0.818 bits per heavy atom. The van der Waals surface area contributed by atoms with E-state index >= 15 is 0 Å². The Morgan fingerprint density at radius 1 is 0.515 bits per heavy atom. The van der Waals surface area contributed by atoms with Gasteiger partial charge in [-0.2, -0.15) is 0 Å². The maximum atomic E-state index is 8.92. The molecule has 0 unspecified atom stereocenters. The van der Waals surface area contributed by atoms with Crippen molar-refractivity contribution in [2.24, 2.45) is 0 Å². The summed E-state index contributed by atoms with van der Waals surface area (Å²) < 4.78 is 0. The van der Waals surface area contributed by atoms with Crippen LogP contribution in [-0.2, 0) is 26.2 Å². The largest absolute Gasteiger partial charge is 0.508 e. The van der Waals surface area contributed by atoms with Crippen LogP contribution >= 0.6 is 0 Å². The Morgan fingerprint density at radius 3 is 0.939 bits per heavy atom. The van der Waals surface area contributed by atoms with E-state index < -0.39 is 0 Å². The first kappa shape index (κ1) is 30.9. The fourth-order valence-electron chi connectivity index (χ4n) is 3.33. The minimum atomic E-state index is 0. The summed E-state index contributed by atoms with van der Waals surface area (Å²) in [5, 5.41) is 17.8. The van der Waals surface area contributed by atoms with Gasteiger partial charge in [-0.1, -0.05) is 82.0 Å². The van der Waals surface area contributed by atoms with Crippen LogP contribution in [0.5, 0.6) is 11.5 Å². The second-order valence-electron chi connectivity index (χ2n) is 8.83. The van der Waals surface area contributed by atoms with E-state index in [1.54, 1.807) is 12.1 Å². The zero-order chi connectivity index (χ0) is 24.3. The summed E-state index contributed by atoms with van der Waals surface area (Å²) in [5.41, 5.74) is 10.8. The van der Waals surface area contributed by atoms with E-state index in [0.717, 1.165) is 11.1 Å². The van der Waals surface area contributed by atoms with Gasteiger partial charge >= 0.3 is 0 Å². The molecule has 0 radical (unpaired) electrons. The molecule has 2 N–H and O–H groups in total. The van der Waals surface area contributed by atoms with Gasteiger partial charge in [-0.05, 0) is 91.5 Å². The number of aromatic hydroxyl groups is 2. The van der Waals surface area contributed by atoms with Crippen LogP contribution in [-0.4, -0.2) is 10.2 Å². The van der Waals surface area contributed by atoms with Crippen molar-refractivity contribution >= 4 is 0 Å². The van der Waals surface area contributed by atoms with Gasteiger partial charge in [0.2, 0.25) is 0 Å². The normalized spacial score (nSPS) is 13.9. The van der Waals surface area contributed by atoms with E-state index in [1.165, 1.54) is 46.3 Å². The van der Waals surface area contributed by atoms with Gasteiger partial charge in [0.15, 0.2) is 0 Å². The van der Waals surface area contributed by atoms with Crippen LogP contribution in [0, 0.1) is 13.8 Å². The van der Waals surface area contributed by atoms with E-state index in [1.807, 2.05) is 50.2 Å². The second kappa shape index (κ2) is 15.7. The van der Waals surface area contributed by atoms with Crippen LogP contribution in [0.25, 0.3) is 0 Å². The molecule has 0 amide bonds. The van der Waals surface area contributed by atoms with Crippen molar-refractivity contribution in [2.45, 2.75) is 68.2 Å². The SMILES string of the molecule is CC1=CC(C)=C(C)C1.CC1=CC(C)=C(C)C1.Cc1ccccc1O.Cc1ccccc1O.[Zr]. The number of aryl methyl sites for hydroxylation is 2. The standard InChI is InChI=1S/2C8H12.2C7H8O.Zr/c2*1-6-4-7(2)8(3)5-6;2*1-6-4-2-3-5-7(6)8;/h2*4H,5H2,1-3H3;2*2-5,8H,1H3;. The Balaban J connectivity index is 0.000000410. The van der Waals surface area contributed by atoms with Gasteiger partial charge < -0.3 is 10.2 Å². The fraction of sp³-hybridized carbons (Fsp3) is 0.333. The molecule has 2 aromatic carbocycles. The molecule has 4 rings (SSSR count). The molecular formula is C30H40O2Zr. The van der Waals surface area contributed by atoms with Crippen LogP contribution < -0.4 is 0 Å². The summed E-state index contributed by atoms with van der Waals surface area (Å²) in [6, 6.07) is 14.5. The van der Waals surface area contributed by atoms with E-state index in [9.17, 15) is 0 Å². The molecule has 2 nitrogen and oxygen atoms in total. The minimum absolute atomic E-state index is 0. The molecule has 33 heavy (non-hydrogen) atoms. The molecule has 0 atom stereocenters. The summed E-state index contributed by atoms with van der Waals surface area (Å²) in [4.78, 5) is 0. The van der Waals surface area contributed by atoms with Crippen LogP contribution in [0.3, 0.4) is 0 Å². The van der Waals surface area contributed by atoms with Gasteiger partial charge in [0.1, 0.15) is 11.5 Å². The smallest absolute Gasteiger partial charge is 0.118 e. The van der Waals surface area contributed by atoms with Gasteiger partial charge in [0.05, 0.1) is 0 Å². The van der Waals surface area contributed by atoms with E-state index in [-0.39, 0.29) is 26.2 Å². The average Bonchev–Trinajstić information content (AvgIpc) is 3.19. The van der Waals surface area contributed by atoms with Crippen molar-refractivity contribution in [1.82, 2.24) is 0 Å². The third kappa shape index (κ3) is 12.1. The van der Waals surface area contributed by atoms with Crippen molar-refractivity contribution in [3.8, 4) is 11.5 Å². The number of phenols is 2. The first-order valence-electron chi connectivity index (χ1n) is 11.2. The molecular weight excluding hydrogens is 484 g/mol. The van der Waals surface area contributed by atoms with Gasteiger partial charge in [-0.25, -0.2) is 0 Å². The summed E-state index contributed by atoms with van der Waals surface area (Å²) >= 11 is 0. The number of phenolic OH excluding ortho intramolecular Hbond substituents is 2. The maximum Gasteiger partial charge on any atom is 0.118 e. The van der Waals surface area contributed by atoms with Crippen LogP contribution in [0.15, 0.2) is 94.1 Å². The molecule has 0 heterocycles. The summed E-state index contributed by atoms with van der Waals surface area (Å²) in [7, 11) is 0. The van der Waals surface area contributed by atoms with Crippen LogP contribution in [0.1, 0.15) is 65.5 Å². The molecule has 176 valence electrons. The molecule has 0 aromatic heterocycles. The molecule has 0 aliphatic heterocycles. The molecule has 0 bridgehead atoms. The fourth-order valence-corrected chi connectivity index (χ4v) is 3.33. The Labute approximate surface area is 220 Å². The van der Waals surface area contributed by atoms with E-state index in [0.29, 0.717) is 11.5 Å². The number of benzene rings is 2. The molecule has 2 aliphatic carbocycles. The van der Waals surface area contributed by atoms with Gasteiger partial charge in [-0.15, -0.1) is 0 Å². The number of allylic oxidation sites excluding steroid dienone is 8. The van der Waals surface area contributed by atoms with Crippen molar-refractivity contribution in [2.75, 3.05) is 0 Å². The summed E-state index contributed by atoms with van der Waals surface area (Å²) in [6.45, 7) is 16.8. The molecule has 3 heteroatoms. The van der Waals surface area contributed by atoms with E-state index in [2.05, 4.69) is 53.7 Å². The summed E-state index contributed by atoms with van der Waals surface area (Å²) in [6.07, 6.45) is 6.92.